The number of halogens is 1. The molecule has 3 rings (SSSR count). The van der Waals surface area contributed by atoms with Crippen LogP contribution < -0.4 is 10.2 Å². The highest BCUT2D eigenvalue weighted by Crippen LogP contribution is 2.12. The van der Waals surface area contributed by atoms with Gasteiger partial charge in [-0.15, -0.1) is 0 Å². The van der Waals surface area contributed by atoms with Crippen molar-refractivity contribution in [2.75, 3.05) is 31.2 Å². The van der Waals surface area contributed by atoms with E-state index < -0.39 is 11.7 Å². The van der Waals surface area contributed by atoms with Gasteiger partial charge in [0.15, 0.2) is 5.82 Å². The summed E-state index contributed by atoms with van der Waals surface area (Å²) in [6.07, 6.45) is 4.02. The van der Waals surface area contributed by atoms with Crippen LogP contribution in [-0.4, -0.2) is 47.2 Å². The van der Waals surface area contributed by atoms with E-state index in [9.17, 15) is 9.18 Å². The third kappa shape index (κ3) is 3.78. The second-order valence-electron chi connectivity index (χ2n) is 4.97. The Morgan fingerprint density at radius 1 is 1.30 bits per heavy atom. The molecule has 1 aliphatic heterocycles. The first-order valence-electron chi connectivity index (χ1n) is 7.26. The number of nitrogens with one attached hydrogen (secondary N) is 1. The third-order valence-electron chi connectivity index (χ3n) is 3.45. The zero-order valence-corrected chi connectivity index (χ0v) is 12.4. The lowest BCUT2D eigenvalue weighted by Gasteiger charge is -2.27. The molecule has 0 saturated carbocycles. The number of carbonyl (C=O) groups excluding carboxylic acids is 1. The van der Waals surface area contributed by atoms with Gasteiger partial charge in [0.1, 0.15) is 11.6 Å². The van der Waals surface area contributed by atoms with E-state index in [1.807, 2.05) is 6.07 Å². The number of carbonyl (C=O) groups is 1. The summed E-state index contributed by atoms with van der Waals surface area (Å²) in [6.45, 7) is 2.99. The number of pyridine rings is 1. The van der Waals surface area contributed by atoms with Crippen molar-refractivity contribution in [2.24, 2.45) is 0 Å². The van der Waals surface area contributed by atoms with Crippen molar-refractivity contribution in [1.29, 1.82) is 0 Å². The average Bonchev–Trinajstić information content (AvgIpc) is 2.61. The number of morpholine rings is 1. The standard InChI is InChI=1S/C15H16FN5O2/c16-12-9-17-3-1-11(12)15(22)19-10-13-18-4-2-14(20-13)21-5-7-23-8-6-21/h1-4,9H,5-8,10H2,(H,19,22). The summed E-state index contributed by atoms with van der Waals surface area (Å²) in [4.78, 5) is 26.2. The fourth-order valence-electron chi connectivity index (χ4n) is 2.26. The lowest BCUT2D eigenvalue weighted by Crippen LogP contribution is -2.37. The predicted octanol–water partition coefficient (Wildman–Crippen LogP) is 0.777. The van der Waals surface area contributed by atoms with Crippen LogP contribution in [0, 0.1) is 5.82 Å². The van der Waals surface area contributed by atoms with Crippen LogP contribution in [0.2, 0.25) is 0 Å². The van der Waals surface area contributed by atoms with Crippen molar-refractivity contribution in [3.8, 4) is 0 Å². The largest absolute Gasteiger partial charge is 0.378 e. The number of amides is 1. The minimum absolute atomic E-state index is 0.0515. The normalized spacial score (nSPS) is 14.6. The first-order chi connectivity index (χ1) is 11.2. The molecule has 0 aromatic carbocycles. The zero-order chi connectivity index (χ0) is 16.1. The SMILES string of the molecule is O=C(NCc1nccc(N2CCOCC2)n1)c1ccncc1F. The van der Waals surface area contributed by atoms with Crippen molar-refractivity contribution < 1.29 is 13.9 Å². The Hall–Kier alpha value is -2.61. The topological polar surface area (TPSA) is 80.2 Å². The second kappa shape index (κ2) is 7.10. The number of ether oxygens (including phenoxy) is 1. The smallest absolute Gasteiger partial charge is 0.254 e. The predicted molar refractivity (Wildman–Crippen MR) is 80.4 cm³/mol. The van der Waals surface area contributed by atoms with Crippen molar-refractivity contribution in [2.45, 2.75) is 6.54 Å². The lowest BCUT2D eigenvalue weighted by atomic mass is 10.2. The van der Waals surface area contributed by atoms with Crippen LogP contribution in [0.1, 0.15) is 16.2 Å². The van der Waals surface area contributed by atoms with Crippen LogP contribution in [0.5, 0.6) is 0 Å². The van der Waals surface area contributed by atoms with Crippen molar-refractivity contribution in [3.05, 3.63) is 47.9 Å². The van der Waals surface area contributed by atoms with E-state index in [0.29, 0.717) is 19.0 Å². The Labute approximate surface area is 132 Å². The van der Waals surface area contributed by atoms with E-state index in [1.165, 1.54) is 12.3 Å². The van der Waals surface area contributed by atoms with Crippen LogP contribution in [0.3, 0.4) is 0 Å². The fraction of sp³-hybridized carbons (Fsp3) is 0.333. The maximum Gasteiger partial charge on any atom is 0.254 e. The third-order valence-corrected chi connectivity index (χ3v) is 3.45. The number of hydrogen-bond acceptors (Lipinski definition) is 6. The van der Waals surface area contributed by atoms with Crippen LogP contribution in [0.25, 0.3) is 0 Å². The molecule has 0 bridgehead atoms. The summed E-state index contributed by atoms with van der Waals surface area (Å²) in [5.74, 6) is 0.0812. The highest BCUT2D eigenvalue weighted by atomic mass is 19.1. The van der Waals surface area contributed by atoms with Crippen LogP contribution in [0.15, 0.2) is 30.7 Å². The maximum atomic E-state index is 13.5. The van der Waals surface area contributed by atoms with E-state index in [1.54, 1.807) is 6.20 Å². The molecule has 0 atom stereocenters. The molecule has 23 heavy (non-hydrogen) atoms. The molecular formula is C15H16FN5O2. The summed E-state index contributed by atoms with van der Waals surface area (Å²) < 4.78 is 18.8. The minimum atomic E-state index is -0.659. The van der Waals surface area contributed by atoms with Gasteiger partial charge in [0.25, 0.3) is 5.91 Å². The highest BCUT2D eigenvalue weighted by molar-refractivity contribution is 5.94. The van der Waals surface area contributed by atoms with Gasteiger partial charge in [-0.05, 0) is 12.1 Å². The van der Waals surface area contributed by atoms with E-state index in [2.05, 4.69) is 25.2 Å². The highest BCUT2D eigenvalue weighted by Gasteiger charge is 2.14. The van der Waals surface area contributed by atoms with Gasteiger partial charge in [-0.25, -0.2) is 14.4 Å². The summed E-state index contributed by atoms with van der Waals surface area (Å²) >= 11 is 0. The molecule has 0 radical (unpaired) electrons. The van der Waals surface area contributed by atoms with Crippen LogP contribution >= 0.6 is 0 Å². The molecule has 0 unspecified atom stereocenters. The molecule has 1 aliphatic rings. The Kier molecular flexibility index (Phi) is 4.72. The zero-order valence-electron chi connectivity index (χ0n) is 12.4. The number of anilines is 1. The second-order valence-corrected chi connectivity index (χ2v) is 4.97. The molecule has 1 saturated heterocycles. The molecule has 2 aromatic heterocycles. The maximum absolute atomic E-state index is 13.5. The number of nitrogens with zero attached hydrogens (tertiary/aromatic N) is 4. The summed E-state index contributed by atoms with van der Waals surface area (Å²) in [7, 11) is 0. The van der Waals surface area contributed by atoms with E-state index in [4.69, 9.17) is 4.74 Å². The summed E-state index contributed by atoms with van der Waals surface area (Å²) in [6, 6.07) is 3.15. The molecule has 7 nitrogen and oxygen atoms in total. The fourth-order valence-corrected chi connectivity index (χ4v) is 2.26. The van der Waals surface area contributed by atoms with Crippen LogP contribution in [-0.2, 0) is 11.3 Å². The molecule has 0 spiro atoms. The Balaban J connectivity index is 1.64. The lowest BCUT2D eigenvalue weighted by molar-refractivity contribution is 0.0945. The molecule has 1 fully saturated rings. The first kappa shape index (κ1) is 15.3. The Morgan fingerprint density at radius 2 is 2.13 bits per heavy atom. The van der Waals surface area contributed by atoms with Gasteiger partial charge in [0, 0.05) is 25.5 Å². The molecule has 3 heterocycles. The summed E-state index contributed by atoms with van der Waals surface area (Å²) in [5.41, 5.74) is -0.0515. The molecule has 2 aromatic rings. The van der Waals surface area contributed by atoms with Gasteiger partial charge < -0.3 is 15.0 Å². The Bertz CT molecular complexity index is 691. The quantitative estimate of drug-likeness (QED) is 0.897. The van der Waals surface area contributed by atoms with Gasteiger partial charge in [0.2, 0.25) is 0 Å². The molecule has 120 valence electrons. The minimum Gasteiger partial charge on any atom is -0.378 e. The van der Waals surface area contributed by atoms with Crippen molar-refractivity contribution in [3.63, 3.8) is 0 Å². The number of rotatable bonds is 4. The molecular weight excluding hydrogens is 301 g/mol. The number of hydrogen-bond donors (Lipinski definition) is 1. The monoisotopic (exact) mass is 317 g/mol. The van der Waals surface area contributed by atoms with Gasteiger partial charge in [0.05, 0.1) is 31.5 Å². The van der Waals surface area contributed by atoms with Gasteiger partial charge in [-0.2, -0.15) is 0 Å². The molecule has 8 heteroatoms. The van der Waals surface area contributed by atoms with Gasteiger partial charge >= 0.3 is 0 Å². The van der Waals surface area contributed by atoms with Crippen molar-refractivity contribution in [1.82, 2.24) is 20.3 Å². The summed E-state index contributed by atoms with van der Waals surface area (Å²) in [5, 5.41) is 2.61. The molecule has 0 aliphatic carbocycles. The van der Waals surface area contributed by atoms with Crippen molar-refractivity contribution >= 4 is 11.7 Å². The van der Waals surface area contributed by atoms with Gasteiger partial charge in [-0.3, -0.25) is 9.78 Å². The van der Waals surface area contributed by atoms with Crippen LogP contribution in [0.4, 0.5) is 10.2 Å². The van der Waals surface area contributed by atoms with Gasteiger partial charge in [-0.1, -0.05) is 0 Å². The molecule has 1 N–H and O–H groups in total. The Morgan fingerprint density at radius 3 is 2.91 bits per heavy atom. The van der Waals surface area contributed by atoms with E-state index >= 15 is 0 Å². The van der Waals surface area contributed by atoms with E-state index in [-0.39, 0.29) is 12.1 Å². The first-order valence-corrected chi connectivity index (χ1v) is 7.26. The number of aromatic nitrogens is 3. The van der Waals surface area contributed by atoms with E-state index in [0.717, 1.165) is 25.1 Å². The molecule has 1 amide bonds. The average molecular weight is 317 g/mol.